The lowest BCUT2D eigenvalue weighted by atomic mass is 10.1. The van der Waals surface area contributed by atoms with Crippen molar-refractivity contribution in [3.63, 3.8) is 0 Å². The summed E-state index contributed by atoms with van der Waals surface area (Å²) < 4.78 is 0. The zero-order valence-corrected chi connectivity index (χ0v) is 20.3. The maximum absolute atomic E-state index is 13.0. The standard InChI is InChI=1S/C21H35N9O7/c22-6-2-1-3-13(21(36)37)28-19(34)14(7-11-9-26-10-27-11)30-20(35)15(8-17(25)32)29-18(33)12(23)4-5-16(24)31/h9-10,12-15H,1-8,22-23H2,(H2,24,31)(H2,25,32)(H,26,27)(H,28,34)(H,29,33)(H,30,35)(H,36,37). The predicted molar refractivity (Wildman–Crippen MR) is 129 cm³/mol. The van der Waals surface area contributed by atoms with Gasteiger partial charge >= 0.3 is 5.97 Å². The van der Waals surface area contributed by atoms with E-state index >= 15 is 0 Å². The van der Waals surface area contributed by atoms with Crippen LogP contribution in [0.2, 0.25) is 0 Å². The van der Waals surface area contributed by atoms with Crippen LogP contribution in [0.3, 0.4) is 0 Å². The fourth-order valence-corrected chi connectivity index (χ4v) is 3.24. The molecule has 0 radical (unpaired) electrons. The predicted octanol–water partition coefficient (Wildman–Crippen LogP) is -3.91. The molecule has 16 nitrogen and oxygen atoms in total. The van der Waals surface area contributed by atoms with Crippen LogP contribution >= 0.6 is 0 Å². The Hall–Kier alpha value is -4.05. The smallest absolute Gasteiger partial charge is 0.326 e. The second-order valence-corrected chi connectivity index (χ2v) is 8.37. The van der Waals surface area contributed by atoms with Crippen LogP contribution in [0, 0.1) is 0 Å². The number of aliphatic carboxylic acids is 1. The van der Waals surface area contributed by atoms with Gasteiger partial charge in [0.1, 0.15) is 18.1 Å². The number of aromatic amines is 1. The summed E-state index contributed by atoms with van der Waals surface area (Å²) in [5.41, 5.74) is 21.8. The van der Waals surface area contributed by atoms with Gasteiger partial charge in [0.15, 0.2) is 0 Å². The fourth-order valence-electron chi connectivity index (χ4n) is 3.24. The molecule has 4 atom stereocenters. The van der Waals surface area contributed by atoms with E-state index in [1.165, 1.54) is 12.5 Å². The van der Waals surface area contributed by atoms with Gasteiger partial charge < -0.3 is 49.0 Å². The molecular weight excluding hydrogens is 490 g/mol. The third-order valence-corrected chi connectivity index (χ3v) is 5.25. The van der Waals surface area contributed by atoms with Gasteiger partial charge in [0.05, 0.1) is 18.8 Å². The number of H-pyrrole nitrogens is 1. The average molecular weight is 526 g/mol. The first-order valence-corrected chi connectivity index (χ1v) is 11.6. The Bertz CT molecular complexity index is 939. The highest BCUT2D eigenvalue weighted by molar-refractivity contribution is 5.96. The zero-order chi connectivity index (χ0) is 28.0. The lowest BCUT2D eigenvalue weighted by Gasteiger charge is -2.24. The van der Waals surface area contributed by atoms with E-state index in [9.17, 15) is 33.9 Å². The monoisotopic (exact) mass is 525 g/mol. The summed E-state index contributed by atoms with van der Waals surface area (Å²) in [6.45, 7) is 0.359. The van der Waals surface area contributed by atoms with Gasteiger partial charge in [-0.3, -0.25) is 24.0 Å². The van der Waals surface area contributed by atoms with Crippen LogP contribution in [-0.4, -0.2) is 81.3 Å². The lowest BCUT2D eigenvalue weighted by molar-refractivity contribution is -0.142. The van der Waals surface area contributed by atoms with Gasteiger partial charge in [0.2, 0.25) is 29.5 Å². The highest BCUT2D eigenvalue weighted by atomic mass is 16.4. The van der Waals surface area contributed by atoms with Crippen molar-refractivity contribution in [2.45, 2.75) is 69.1 Å². The Kier molecular flexibility index (Phi) is 13.3. The molecule has 0 fully saturated rings. The van der Waals surface area contributed by atoms with Gasteiger partial charge in [-0.1, -0.05) is 0 Å². The topological polar surface area (TPSA) is 292 Å². The molecule has 206 valence electrons. The fraction of sp³-hybridized carbons (Fsp3) is 0.571. The molecule has 1 heterocycles. The molecule has 1 aromatic heterocycles. The van der Waals surface area contributed by atoms with Gasteiger partial charge in [0, 0.05) is 24.7 Å². The van der Waals surface area contributed by atoms with E-state index in [-0.39, 0.29) is 25.7 Å². The Morgan fingerprint density at radius 1 is 0.892 bits per heavy atom. The van der Waals surface area contributed by atoms with Crippen molar-refractivity contribution >= 4 is 35.5 Å². The number of carbonyl (C=O) groups excluding carboxylic acids is 5. The summed E-state index contributed by atoms with van der Waals surface area (Å²) in [6, 6.07) is -5.24. The van der Waals surface area contributed by atoms with Crippen LogP contribution in [-0.2, 0) is 35.2 Å². The van der Waals surface area contributed by atoms with Crippen molar-refractivity contribution < 1.29 is 33.9 Å². The van der Waals surface area contributed by atoms with Crippen LogP contribution in [0.1, 0.15) is 44.2 Å². The summed E-state index contributed by atoms with van der Waals surface area (Å²) in [5, 5.41) is 16.6. The van der Waals surface area contributed by atoms with Crippen molar-refractivity contribution in [1.82, 2.24) is 25.9 Å². The molecule has 0 aliphatic rings. The van der Waals surface area contributed by atoms with Crippen LogP contribution < -0.4 is 38.9 Å². The molecule has 0 saturated carbocycles. The van der Waals surface area contributed by atoms with Crippen molar-refractivity contribution in [3.05, 3.63) is 18.2 Å². The van der Waals surface area contributed by atoms with Gasteiger partial charge in [0.25, 0.3) is 0 Å². The molecule has 16 heteroatoms. The largest absolute Gasteiger partial charge is 0.480 e. The third kappa shape index (κ3) is 12.0. The molecule has 0 aromatic carbocycles. The second-order valence-electron chi connectivity index (χ2n) is 8.37. The molecule has 1 aromatic rings. The summed E-state index contributed by atoms with van der Waals surface area (Å²) in [7, 11) is 0. The molecule has 37 heavy (non-hydrogen) atoms. The molecule has 13 N–H and O–H groups in total. The van der Waals surface area contributed by atoms with E-state index in [1.54, 1.807) is 0 Å². The van der Waals surface area contributed by atoms with Crippen molar-refractivity contribution in [2.75, 3.05) is 6.54 Å². The lowest BCUT2D eigenvalue weighted by Crippen LogP contribution is -2.58. The zero-order valence-electron chi connectivity index (χ0n) is 20.3. The highest BCUT2D eigenvalue weighted by Gasteiger charge is 2.31. The quantitative estimate of drug-likeness (QED) is 0.0839. The number of nitrogens with two attached hydrogens (primary N) is 4. The van der Waals surface area contributed by atoms with Crippen LogP contribution in [0.15, 0.2) is 12.5 Å². The van der Waals surface area contributed by atoms with Gasteiger partial charge in [-0.05, 0) is 32.2 Å². The summed E-state index contributed by atoms with van der Waals surface area (Å²) in [4.78, 5) is 79.1. The highest BCUT2D eigenvalue weighted by Crippen LogP contribution is 2.06. The first-order chi connectivity index (χ1) is 17.4. The number of carboxylic acid groups (broad SMARTS) is 1. The van der Waals surface area contributed by atoms with Crippen LogP contribution in [0.5, 0.6) is 0 Å². The molecule has 0 saturated heterocycles. The van der Waals surface area contributed by atoms with E-state index in [0.29, 0.717) is 25.1 Å². The molecule has 0 bridgehead atoms. The normalized spacial score (nSPS) is 14.0. The SMILES string of the molecule is NCCCCC(NC(=O)C(Cc1cnc[nH]1)NC(=O)C(CC(N)=O)NC(=O)C(N)CCC(N)=O)C(=O)O. The summed E-state index contributed by atoms with van der Waals surface area (Å²) in [5.74, 6) is -5.46. The summed E-state index contributed by atoms with van der Waals surface area (Å²) >= 11 is 0. The van der Waals surface area contributed by atoms with E-state index in [0.717, 1.165) is 0 Å². The van der Waals surface area contributed by atoms with Gasteiger partial charge in [-0.2, -0.15) is 0 Å². The molecule has 0 aliphatic carbocycles. The maximum atomic E-state index is 13.0. The van der Waals surface area contributed by atoms with E-state index in [1.807, 2.05) is 0 Å². The molecule has 0 aliphatic heterocycles. The number of hydrogen-bond donors (Lipinski definition) is 9. The number of nitrogens with one attached hydrogen (secondary N) is 4. The molecule has 1 rings (SSSR count). The molecule has 0 spiro atoms. The Labute approximate surface area is 212 Å². The Morgan fingerprint density at radius 3 is 2.05 bits per heavy atom. The molecular formula is C21H35N9O7. The van der Waals surface area contributed by atoms with E-state index in [2.05, 4.69) is 25.9 Å². The number of primary amides is 2. The maximum Gasteiger partial charge on any atom is 0.326 e. The molecule has 5 amide bonds. The van der Waals surface area contributed by atoms with Crippen molar-refractivity contribution in [3.8, 4) is 0 Å². The number of aromatic nitrogens is 2. The van der Waals surface area contributed by atoms with E-state index < -0.39 is 66.1 Å². The van der Waals surface area contributed by atoms with Crippen molar-refractivity contribution in [1.29, 1.82) is 0 Å². The number of hydrogen-bond acceptors (Lipinski definition) is 9. The number of imidazole rings is 1. The van der Waals surface area contributed by atoms with Crippen LogP contribution in [0.4, 0.5) is 0 Å². The van der Waals surface area contributed by atoms with E-state index in [4.69, 9.17) is 22.9 Å². The number of unbranched alkanes of at least 4 members (excludes halogenated alkanes) is 1. The number of rotatable bonds is 18. The molecule has 4 unspecified atom stereocenters. The number of nitrogens with zero attached hydrogens (tertiary/aromatic N) is 1. The van der Waals surface area contributed by atoms with Gasteiger partial charge in [-0.25, -0.2) is 9.78 Å². The number of carboxylic acids is 1. The first-order valence-electron chi connectivity index (χ1n) is 11.6. The first kappa shape index (κ1) is 31.0. The number of amides is 5. The minimum Gasteiger partial charge on any atom is -0.480 e. The Balaban J connectivity index is 3.02. The minimum absolute atomic E-state index is 0.0995. The third-order valence-electron chi connectivity index (χ3n) is 5.25. The Morgan fingerprint density at radius 2 is 1.51 bits per heavy atom. The van der Waals surface area contributed by atoms with Gasteiger partial charge in [-0.15, -0.1) is 0 Å². The second kappa shape index (κ2) is 15.8. The summed E-state index contributed by atoms with van der Waals surface area (Å²) in [6.07, 6.45) is 2.88. The van der Waals surface area contributed by atoms with Crippen LogP contribution in [0.25, 0.3) is 0 Å². The minimum atomic E-state index is -1.50. The van der Waals surface area contributed by atoms with Crippen molar-refractivity contribution in [2.24, 2.45) is 22.9 Å². The number of carbonyl (C=O) groups is 6. The average Bonchev–Trinajstić information content (AvgIpc) is 3.33.